The molecule has 0 bridgehead atoms. The van der Waals surface area contributed by atoms with Crippen LogP contribution in [0.2, 0.25) is 0 Å². The van der Waals surface area contributed by atoms with Crippen LogP contribution in [0.25, 0.3) is 0 Å². The summed E-state index contributed by atoms with van der Waals surface area (Å²) in [5.74, 6) is -0.744. The van der Waals surface area contributed by atoms with Gasteiger partial charge in [0.15, 0.2) is 5.41 Å². The summed E-state index contributed by atoms with van der Waals surface area (Å²) >= 11 is 0. The fourth-order valence-corrected chi connectivity index (χ4v) is 1.71. The van der Waals surface area contributed by atoms with E-state index in [0.29, 0.717) is 13.0 Å². The van der Waals surface area contributed by atoms with Crippen molar-refractivity contribution in [3.05, 3.63) is 0 Å². The molecule has 1 aliphatic rings. The Labute approximate surface area is 89.2 Å². The molecule has 1 saturated heterocycles. The SMILES string of the molecule is CC(C)NC(=O)C1(CO)CCCNC1=O. The minimum Gasteiger partial charge on any atom is -0.395 e. The van der Waals surface area contributed by atoms with Gasteiger partial charge in [0.2, 0.25) is 11.8 Å². The van der Waals surface area contributed by atoms with Gasteiger partial charge in [-0.3, -0.25) is 9.59 Å². The topological polar surface area (TPSA) is 78.4 Å². The van der Waals surface area contributed by atoms with Crippen LogP contribution in [0.1, 0.15) is 26.7 Å². The lowest BCUT2D eigenvalue weighted by atomic mass is 9.79. The van der Waals surface area contributed by atoms with Crippen molar-refractivity contribution >= 4 is 11.8 Å². The van der Waals surface area contributed by atoms with E-state index in [1.54, 1.807) is 0 Å². The molecular weight excluding hydrogens is 196 g/mol. The van der Waals surface area contributed by atoms with E-state index in [0.717, 1.165) is 6.42 Å². The minimum absolute atomic E-state index is 0.0318. The molecular formula is C10H18N2O3. The van der Waals surface area contributed by atoms with E-state index in [4.69, 9.17) is 0 Å². The van der Waals surface area contributed by atoms with Crippen LogP contribution in [0.4, 0.5) is 0 Å². The molecule has 1 unspecified atom stereocenters. The predicted molar refractivity (Wildman–Crippen MR) is 55.0 cm³/mol. The summed E-state index contributed by atoms with van der Waals surface area (Å²) in [5.41, 5.74) is -1.28. The summed E-state index contributed by atoms with van der Waals surface area (Å²) in [5, 5.41) is 14.6. The molecule has 1 fully saturated rings. The first kappa shape index (κ1) is 12.0. The summed E-state index contributed by atoms with van der Waals surface area (Å²) in [6.07, 6.45) is 1.13. The lowest BCUT2D eigenvalue weighted by molar-refractivity contribution is -0.149. The number of aliphatic hydroxyl groups excluding tert-OH is 1. The highest BCUT2D eigenvalue weighted by atomic mass is 16.3. The Balaban J connectivity index is 2.82. The second-order valence-electron chi connectivity index (χ2n) is 4.23. The molecule has 0 spiro atoms. The lowest BCUT2D eigenvalue weighted by Crippen LogP contribution is -2.57. The zero-order valence-electron chi connectivity index (χ0n) is 9.17. The van der Waals surface area contributed by atoms with E-state index < -0.39 is 12.0 Å². The molecule has 15 heavy (non-hydrogen) atoms. The molecule has 86 valence electrons. The number of piperidine rings is 1. The molecule has 1 aliphatic heterocycles. The number of hydrogen-bond acceptors (Lipinski definition) is 3. The molecule has 2 amide bonds. The van der Waals surface area contributed by atoms with Gasteiger partial charge in [0.25, 0.3) is 0 Å². The van der Waals surface area contributed by atoms with Crippen LogP contribution in [0.3, 0.4) is 0 Å². The maximum absolute atomic E-state index is 11.8. The monoisotopic (exact) mass is 214 g/mol. The van der Waals surface area contributed by atoms with E-state index in [1.165, 1.54) is 0 Å². The van der Waals surface area contributed by atoms with Gasteiger partial charge in [0.1, 0.15) is 0 Å². The highest BCUT2D eigenvalue weighted by Crippen LogP contribution is 2.27. The number of nitrogens with one attached hydrogen (secondary N) is 2. The molecule has 1 heterocycles. The summed E-state index contributed by atoms with van der Waals surface area (Å²) < 4.78 is 0. The van der Waals surface area contributed by atoms with Gasteiger partial charge in [-0.15, -0.1) is 0 Å². The van der Waals surface area contributed by atoms with Crippen LogP contribution < -0.4 is 10.6 Å². The normalized spacial score (nSPS) is 26.3. The number of carbonyl (C=O) groups is 2. The average molecular weight is 214 g/mol. The zero-order valence-corrected chi connectivity index (χ0v) is 9.17. The number of aliphatic hydroxyl groups is 1. The Morgan fingerprint density at radius 2 is 2.33 bits per heavy atom. The van der Waals surface area contributed by atoms with E-state index in [9.17, 15) is 14.7 Å². The van der Waals surface area contributed by atoms with E-state index in [2.05, 4.69) is 10.6 Å². The van der Waals surface area contributed by atoms with Crippen LogP contribution in [0, 0.1) is 5.41 Å². The fraction of sp³-hybridized carbons (Fsp3) is 0.800. The van der Waals surface area contributed by atoms with Gasteiger partial charge in [-0.05, 0) is 26.7 Å². The fourth-order valence-electron chi connectivity index (χ4n) is 1.71. The van der Waals surface area contributed by atoms with Gasteiger partial charge >= 0.3 is 0 Å². The van der Waals surface area contributed by atoms with Gasteiger partial charge < -0.3 is 15.7 Å². The van der Waals surface area contributed by atoms with Crippen molar-refractivity contribution in [3.63, 3.8) is 0 Å². The van der Waals surface area contributed by atoms with E-state index in [-0.39, 0.29) is 17.9 Å². The number of hydrogen-bond donors (Lipinski definition) is 3. The lowest BCUT2D eigenvalue weighted by Gasteiger charge is -2.33. The quantitative estimate of drug-likeness (QED) is 0.549. The average Bonchev–Trinajstić information content (AvgIpc) is 2.17. The van der Waals surface area contributed by atoms with Crippen LogP contribution in [-0.2, 0) is 9.59 Å². The Hall–Kier alpha value is -1.10. The van der Waals surface area contributed by atoms with Crippen molar-refractivity contribution in [2.75, 3.05) is 13.2 Å². The predicted octanol–water partition coefficient (Wildman–Crippen LogP) is -0.600. The second kappa shape index (κ2) is 4.61. The van der Waals surface area contributed by atoms with Gasteiger partial charge in [-0.1, -0.05) is 0 Å². The van der Waals surface area contributed by atoms with Crippen molar-refractivity contribution in [2.24, 2.45) is 5.41 Å². The number of amides is 2. The largest absolute Gasteiger partial charge is 0.395 e. The molecule has 0 aromatic heterocycles. The minimum atomic E-state index is -1.28. The van der Waals surface area contributed by atoms with Gasteiger partial charge in [-0.25, -0.2) is 0 Å². The third-order valence-corrected chi connectivity index (χ3v) is 2.62. The second-order valence-corrected chi connectivity index (χ2v) is 4.23. The van der Waals surface area contributed by atoms with Crippen LogP contribution >= 0.6 is 0 Å². The van der Waals surface area contributed by atoms with Crippen molar-refractivity contribution < 1.29 is 14.7 Å². The molecule has 1 rings (SSSR count). The molecule has 0 radical (unpaired) electrons. The smallest absolute Gasteiger partial charge is 0.238 e. The standard InChI is InChI=1S/C10H18N2O3/c1-7(2)12-9(15)10(6-13)4-3-5-11-8(10)14/h7,13H,3-6H2,1-2H3,(H,11,14)(H,12,15). The Morgan fingerprint density at radius 1 is 1.67 bits per heavy atom. The van der Waals surface area contributed by atoms with Crippen molar-refractivity contribution in [1.29, 1.82) is 0 Å². The van der Waals surface area contributed by atoms with E-state index >= 15 is 0 Å². The first-order chi connectivity index (χ1) is 7.03. The molecule has 0 aromatic rings. The maximum atomic E-state index is 11.8. The van der Waals surface area contributed by atoms with Crippen LogP contribution in [-0.4, -0.2) is 36.1 Å². The summed E-state index contributed by atoms with van der Waals surface area (Å²) in [6.45, 7) is 3.79. The maximum Gasteiger partial charge on any atom is 0.238 e. The summed E-state index contributed by atoms with van der Waals surface area (Å²) in [6, 6.07) is -0.0318. The summed E-state index contributed by atoms with van der Waals surface area (Å²) in [4.78, 5) is 23.5. The van der Waals surface area contributed by atoms with Crippen molar-refractivity contribution in [1.82, 2.24) is 10.6 Å². The van der Waals surface area contributed by atoms with E-state index in [1.807, 2.05) is 13.8 Å². The third-order valence-electron chi connectivity index (χ3n) is 2.62. The van der Waals surface area contributed by atoms with Crippen molar-refractivity contribution in [2.45, 2.75) is 32.7 Å². The third kappa shape index (κ3) is 2.28. The highest BCUT2D eigenvalue weighted by molar-refractivity contribution is 6.05. The molecule has 0 aliphatic carbocycles. The zero-order chi connectivity index (χ0) is 11.5. The van der Waals surface area contributed by atoms with Gasteiger partial charge in [-0.2, -0.15) is 0 Å². The highest BCUT2D eigenvalue weighted by Gasteiger charge is 2.46. The molecule has 0 saturated carbocycles. The Bertz CT molecular complexity index is 265. The molecule has 1 atom stereocenters. The first-order valence-electron chi connectivity index (χ1n) is 5.23. The molecule has 5 nitrogen and oxygen atoms in total. The van der Waals surface area contributed by atoms with Gasteiger partial charge in [0, 0.05) is 12.6 Å². The van der Waals surface area contributed by atoms with Crippen LogP contribution in [0.15, 0.2) is 0 Å². The summed E-state index contributed by atoms with van der Waals surface area (Å²) in [7, 11) is 0. The number of rotatable bonds is 3. The molecule has 5 heteroatoms. The van der Waals surface area contributed by atoms with Crippen LogP contribution in [0.5, 0.6) is 0 Å². The first-order valence-corrected chi connectivity index (χ1v) is 5.23. The van der Waals surface area contributed by atoms with Crippen molar-refractivity contribution in [3.8, 4) is 0 Å². The molecule has 3 N–H and O–H groups in total. The van der Waals surface area contributed by atoms with Gasteiger partial charge in [0.05, 0.1) is 6.61 Å². The Kier molecular flexibility index (Phi) is 3.68. The Morgan fingerprint density at radius 3 is 2.80 bits per heavy atom. The number of carbonyl (C=O) groups excluding carboxylic acids is 2. The molecule has 0 aromatic carbocycles.